The lowest BCUT2D eigenvalue weighted by molar-refractivity contribution is -0.167. The minimum absolute atomic E-state index is 0.103. The molecular formula is C63H108O6. The van der Waals surface area contributed by atoms with E-state index in [-0.39, 0.29) is 44.0 Å². The molecule has 0 radical (unpaired) electrons. The lowest BCUT2D eigenvalue weighted by Crippen LogP contribution is -2.30. The summed E-state index contributed by atoms with van der Waals surface area (Å²) in [6.07, 6.45) is 74.3. The molecule has 396 valence electrons. The van der Waals surface area contributed by atoms with Gasteiger partial charge in [0.1, 0.15) is 13.2 Å². The summed E-state index contributed by atoms with van der Waals surface area (Å²) in [6.45, 7) is 6.55. The summed E-state index contributed by atoms with van der Waals surface area (Å²) in [6, 6.07) is 0. The van der Waals surface area contributed by atoms with Crippen LogP contribution < -0.4 is 0 Å². The summed E-state index contributed by atoms with van der Waals surface area (Å²) in [5.74, 6) is -0.982. The predicted octanol–water partition coefficient (Wildman–Crippen LogP) is 19.5. The van der Waals surface area contributed by atoms with Crippen LogP contribution in [0.4, 0.5) is 0 Å². The van der Waals surface area contributed by atoms with Crippen molar-refractivity contribution in [3.8, 4) is 0 Å². The van der Waals surface area contributed by atoms with Gasteiger partial charge in [-0.2, -0.15) is 0 Å². The van der Waals surface area contributed by atoms with Crippen molar-refractivity contribution in [2.75, 3.05) is 13.2 Å². The lowest BCUT2D eigenvalue weighted by atomic mass is 10.0. The number of esters is 3. The van der Waals surface area contributed by atoms with E-state index < -0.39 is 6.10 Å². The van der Waals surface area contributed by atoms with Crippen LogP contribution in [0.2, 0.25) is 0 Å². The number of allylic oxidation sites excluding steroid dienone is 14. The molecule has 0 bridgehead atoms. The average molecular weight is 962 g/mol. The van der Waals surface area contributed by atoms with Gasteiger partial charge in [0.05, 0.1) is 0 Å². The quantitative estimate of drug-likeness (QED) is 0.0262. The Labute approximate surface area is 426 Å². The minimum Gasteiger partial charge on any atom is -0.462 e. The minimum atomic E-state index is -0.813. The third-order valence-corrected chi connectivity index (χ3v) is 12.4. The standard InChI is InChI=1S/C63H108O6/c1-4-7-10-13-16-19-22-25-28-30-31-33-36-39-42-45-48-51-54-57-63(66)69-60(58-67-61(64)55-52-49-46-43-40-37-34-27-24-21-18-15-12-9-6-3)59-68-62(65)56-53-50-47-44-41-38-35-32-29-26-23-20-17-14-11-8-5-2/h16,19,25-26,28-29,31,33,35,38-39,42,44,47,60H,4-15,17-18,20-24,27,30,32,34,36-37,40-41,43,45-46,48-59H2,1-3H3/b19-16-,28-25-,29-26-,33-31-,38-35-,42-39-,47-44-/t60-/m0/s1. The van der Waals surface area contributed by atoms with Gasteiger partial charge >= 0.3 is 17.9 Å². The zero-order chi connectivity index (χ0) is 50.0. The highest BCUT2D eigenvalue weighted by Gasteiger charge is 2.19. The molecule has 0 amide bonds. The van der Waals surface area contributed by atoms with Gasteiger partial charge in [0.15, 0.2) is 6.10 Å². The van der Waals surface area contributed by atoms with E-state index in [0.29, 0.717) is 12.8 Å². The zero-order valence-corrected chi connectivity index (χ0v) is 45.3. The molecule has 0 aliphatic heterocycles. The monoisotopic (exact) mass is 961 g/mol. The molecule has 0 aliphatic carbocycles. The summed E-state index contributed by atoms with van der Waals surface area (Å²) in [4.78, 5) is 38.1. The SMILES string of the molecule is CCCCC/C=C\C/C=C\C/C=C\C/C=C\CCCCCC(=O)O[C@H](COC(=O)CCC/C=C\C/C=C\C/C=C\CCCCCCCC)COC(=O)CCCCCCCCCCCCCCCCC. The summed E-state index contributed by atoms with van der Waals surface area (Å²) in [5, 5.41) is 0. The van der Waals surface area contributed by atoms with Crippen molar-refractivity contribution in [1.82, 2.24) is 0 Å². The Balaban J connectivity index is 4.51. The fourth-order valence-electron chi connectivity index (χ4n) is 7.97. The van der Waals surface area contributed by atoms with Gasteiger partial charge in [0, 0.05) is 19.3 Å². The maximum Gasteiger partial charge on any atom is 0.306 e. The van der Waals surface area contributed by atoms with Crippen molar-refractivity contribution >= 4 is 17.9 Å². The Hall–Kier alpha value is -3.41. The molecule has 69 heavy (non-hydrogen) atoms. The first-order valence-electron chi connectivity index (χ1n) is 29.1. The molecule has 1 atom stereocenters. The first-order chi connectivity index (χ1) is 34.0. The van der Waals surface area contributed by atoms with Crippen molar-refractivity contribution in [2.45, 2.75) is 284 Å². The molecule has 0 fully saturated rings. The van der Waals surface area contributed by atoms with Gasteiger partial charge in [-0.05, 0) is 96.3 Å². The second kappa shape index (κ2) is 57.2. The third kappa shape index (κ3) is 55.4. The summed E-state index contributed by atoms with van der Waals surface area (Å²) < 4.78 is 16.8. The molecule has 0 aromatic heterocycles. The Morgan fingerprint density at radius 3 is 0.913 bits per heavy atom. The summed E-state index contributed by atoms with van der Waals surface area (Å²) in [5.41, 5.74) is 0. The highest BCUT2D eigenvalue weighted by molar-refractivity contribution is 5.71. The van der Waals surface area contributed by atoms with Crippen molar-refractivity contribution in [2.24, 2.45) is 0 Å². The van der Waals surface area contributed by atoms with Crippen LogP contribution in [0.5, 0.6) is 0 Å². The molecule has 0 rings (SSSR count). The molecule has 0 saturated carbocycles. The van der Waals surface area contributed by atoms with Crippen molar-refractivity contribution in [1.29, 1.82) is 0 Å². The number of carbonyl (C=O) groups is 3. The highest BCUT2D eigenvalue weighted by atomic mass is 16.6. The van der Waals surface area contributed by atoms with E-state index in [9.17, 15) is 14.4 Å². The van der Waals surface area contributed by atoms with E-state index in [4.69, 9.17) is 14.2 Å². The zero-order valence-electron chi connectivity index (χ0n) is 45.3. The van der Waals surface area contributed by atoms with E-state index in [1.807, 2.05) is 0 Å². The van der Waals surface area contributed by atoms with Crippen molar-refractivity contribution < 1.29 is 28.6 Å². The molecule has 0 aromatic carbocycles. The van der Waals surface area contributed by atoms with Crippen LogP contribution >= 0.6 is 0 Å². The molecule has 0 aliphatic rings. The van der Waals surface area contributed by atoms with E-state index >= 15 is 0 Å². The van der Waals surface area contributed by atoms with E-state index in [0.717, 1.165) is 83.5 Å². The number of carbonyl (C=O) groups excluding carboxylic acids is 3. The maximum atomic E-state index is 12.9. The Kier molecular flexibility index (Phi) is 54.3. The molecule has 0 spiro atoms. The second-order valence-corrected chi connectivity index (χ2v) is 19.2. The molecule has 0 unspecified atom stereocenters. The first-order valence-corrected chi connectivity index (χ1v) is 29.1. The van der Waals surface area contributed by atoms with Crippen LogP contribution in [0, 0.1) is 0 Å². The fourth-order valence-corrected chi connectivity index (χ4v) is 7.97. The van der Waals surface area contributed by atoms with E-state index in [2.05, 4.69) is 106 Å². The van der Waals surface area contributed by atoms with Crippen LogP contribution in [0.1, 0.15) is 278 Å². The maximum absolute atomic E-state index is 12.9. The third-order valence-electron chi connectivity index (χ3n) is 12.4. The molecule has 0 N–H and O–H groups in total. The van der Waals surface area contributed by atoms with Gasteiger partial charge < -0.3 is 14.2 Å². The van der Waals surface area contributed by atoms with Crippen molar-refractivity contribution in [3.05, 3.63) is 85.1 Å². The normalized spacial score (nSPS) is 12.7. The largest absolute Gasteiger partial charge is 0.462 e. The molecule has 0 saturated heterocycles. The smallest absolute Gasteiger partial charge is 0.306 e. The van der Waals surface area contributed by atoms with Gasteiger partial charge in [0.2, 0.25) is 0 Å². The lowest BCUT2D eigenvalue weighted by Gasteiger charge is -2.18. The van der Waals surface area contributed by atoms with Gasteiger partial charge in [-0.3, -0.25) is 14.4 Å². The van der Waals surface area contributed by atoms with Crippen LogP contribution in [0.25, 0.3) is 0 Å². The molecular weight excluding hydrogens is 853 g/mol. The Morgan fingerprint density at radius 1 is 0.290 bits per heavy atom. The molecule has 6 nitrogen and oxygen atoms in total. The van der Waals surface area contributed by atoms with Crippen LogP contribution in [-0.2, 0) is 28.6 Å². The van der Waals surface area contributed by atoms with E-state index in [1.54, 1.807) is 0 Å². The van der Waals surface area contributed by atoms with Gasteiger partial charge in [-0.25, -0.2) is 0 Å². The van der Waals surface area contributed by atoms with Crippen molar-refractivity contribution in [3.63, 3.8) is 0 Å². The number of hydrogen-bond acceptors (Lipinski definition) is 6. The average Bonchev–Trinajstić information content (AvgIpc) is 3.35. The topological polar surface area (TPSA) is 78.9 Å². The van der Waals surface area contributed by atoms with Crippen LogP contribution in [0.15, 0.2) is 85.1 Å². The number of unbranched alkanes of at least 4 members (excludes halogenated alkanes) is 27. The summed E-state index contributed by atoms with van der Waals surface area (Å²) >= 11 is 0. The van der Waals surface area contributed by atoms with Gasteiger partial charge in [-0.15, -0.1) is 0 Å². The van der Waals surface area contributed by atoms with Gasteiger partial charge in [-0.1, -0.05) is 247 Å². The molecule has 0 aromatic rings. The molecule has 0 heterocycles. The van der Waals surface area contributed by atoms with Crippen LogP contribution in [0.3, 0.4) is 0 Å². The second-order valence-electron chi connectivity index (χ2n) is 19.2. The number of rotatable bonds is 52. The fraction of sp³-hybridized carbons (Fsp3) is 0.730. The predicted molar refractivity (Wildman–Crippen MR) is 297 cm³/mol. The summed E-state index contributed by atoms with van der Waals surface area (Å²) in [7, 11) is 0. The molecule has 6 heteroatoms. The van der Waals surface area contributed by atoms with Gasteiger partial charge in [0.25, 0.3) is 0 Å². The number of ether oxygens (including phenoxy) is 3. The van der Waals surface area contributed by atoms with E-state index in [1.165, 1.54) is 148 Å². The van der Waals surface area contributed by atoms with Crippen LogP contribution in [-0.4, -0.2) is 37.2 Å². The first kappa shape index (κ1) is 65.6. The Morgan fingerprint density at radius 2 is 0.536 bits per heavy atom. The highest BCUT2D eigenvalue weighted by Crippen LogP contribution is 2.15. The Bertz CT molecular complexity index is 1330. The number of hydrogen-bond donors (Lipinski definition) is 0.